The first-order valence-electron chi connectivity index (χ1n) is 8.16. The van der Waals surface area contributed by atoms with E-state index < -0.39 is 17.9 Å². The van der Waals surface area contributed by atoms with Crippen molar-refractivity contribution in [3.05, 3.63) is 66.8 Å². The third-order valence-electron chi connectivity index (χ3n) is 3.28. The molecule has 144 valence electrons. The molecule has 0 bridgehead atoms. The van der Waals surface area contributed by atoms with Crippen LogP contribution in [0.25, 0.3) is 0 Å². The first kappa shape index (κ1) is 21.6. The zero-order valence-electron chi connectivity index (χ0n) is 15.3. The highest BCUT2D eigenvalue weighted by Gasteiger charge is 2.12. The molecule has 0 radical (unpaired) electrons. The topological polar surface area (TPSA) is 102 Å². The van der Waals surface area contributed by atoms with Gasteiger partial charge in [-0.1, -0.05) is 24.8 Å². The molecule has 1 aromatic heterocycles. The molecular formula is C19H22N2O6. The Kier molecular flexibility index (Phi) is 9.01. The quantitative estimate of drug-likeness (QED) is 0.298. The summed E-state index contributed by atoms with van der Waals surface area (Å²) in [5, 5.41) is 10.8. The lowest BCUT2D eigenvalue weighted by atomic mass is 10.1. The van der Waals surface area contributed by atoms with Crippen LogP contribution in [-0.2, 0) is 27.9 Å². The molecule has 0 saturated carbocycles. The number of benzene rings is 1. The molecule has 0 atom stereocenters. The summed E-state index contributed by atoms with van der Waals surface area (Å²) in [5.74, 6) is -2.92. The van der Waals surface area contributed by atoms with Gasteiger partial charge in [-0.05, 0) is 13.0 Å². The fraction of sp³-hybridized carbons (Fsp3) is 0.263. The van der Waals surface area contributed by atoms with Crippen LogP contribution in [0.5, 0.6) is 0 Å². The fourth-order valence-electron chi connectivity index (χ4n) is 1.94. The van der Waals surface area contributed by atoms with Gasteiger partial charge in [0.25, 0.3) is 0 Å². The number of aryl methyl sites for hydroxylation is 2. The minimum atomic E-state index is -1.47. The zero-order chi connectivity index (χ0) is 20.2. The SMILES string of the molecule is C=CC(=O)OCCOC(=O)c1ccccc1C(=O)[O-].CCn1cc[n+](C)c1. The second-order valence-electron chi connectivity index (χ2n) is 5.25. The van der Waals surface area contributed by atoms with Gasteiger partial charge in [-0.25, -0.2) is 18.7 Å². The van der Waals surface area contributed by atoms with Crippen LogP contribution in [0.4, 0.5) is 0 Å². The van der Waals surface area contributed by atoms with E-state index in [-0.39, 0.29) is 24.3 Å². The highest BCUT2D eigenvalue weighted by molar-refractivity contribution is 6.01. The van der Waals surface area contributed by atoms with Gasteiger partial charge in [-0.2, -0.15) is 0 Å². The maximum Gasteiger partial charge on any atom is 0.338 e. The van der Waals surface area contributed by atoms with Crippen molar-refractivity contribution in [1.29, 1.82) is 0 Å². The van der Waals surface area contributed by atoms with E-state index in [0.29, 0.717) is 0 Å². The van der Waals surface area contributed by atoms with Crippen LogP contribution < -0.4 is 9.67 Å². The van der Waals surface area contributed by atoms with E-state index in [1.54, 1.807) is 0 Å². The summed E-state index contributed by atoms with van der Waals surface area (Å²) in [6, 6.07) is 5.52. The third kappa shape index (κ3) is 7.55. The van der Waals surface area contributed by atoms with Crippen LogP contribution in [-0.4, -0.2) is 35.7 Å². The number of hydrogen-bond acceptors (Lipinski definition) is 6. The smallest absolute Gasteiger partial charge is 0.338 e. The Labute approximate surface area is 157 Å². The molecule has 8 heteroatoms. The number of carboxylic acid groups (broad SMARTS) is 1. The fourth-order valence-corrected chi connectivity index (χ4v) is 1.94. The number of imidazole rings is 1. The summed E-state index contributed by atoms with van der Waals surface area (Å²) in [6.07, 6.45) is 7.12. The molecule has 0 spiro atoms. The molecule has 0 aliphatic rings. The number of aromatic nitrogens is 2. The van der Waals surface area contributed by atoms with Crippen LogP contribution >= 0.6 is 0 Å². The van der Waals surface area contributed by atoms with Crippen LogP contribution in [0.15, 0.2) is 55.6 Å². The van der Waals surface area contributed by atoms with E-state index in [4.69, 9.17) is 4.74 Å². The number of ether oxygens (including phenoxy) is 2. The molecule has 0 fully saturated rings. The van der Waals surface area contributed by atoms with Crippen molar-refractivity contribution < 1.29 is 33.5 Å². The lowest BCUT2D eigenvalue weighted by Crippen LogP contribution is -2.25. The van der Waals surface area contributed by atoms with Gasteiger partial charge in [0.1, 0.15) is 25.6 Å². The molecule has 27 heavy (non-hydrogen) atoms. The van der Waals surface area contributed by atoms with E-state index in [9.17, 15) is 19.5 Å². The Morgan fingerprint density at radius 2 is 1.81 bits per heavy atom. The van der Waals surface area contributed by atoms with Gasteiger partial charge in [0.15, 0.2) is 0 Å². The van der Waals surface area contributed by atoms with Crippen molar-refractivity contribution in [3.8, 4) is 0 Å². The van der Waals surface area contributed by atoms with Gasteiger partial charge in [0.2, 0.25) is 6.33 Å². The first-order valence-corrected chi connectivity index (χ1v) is 8.16. The Morgan fingerprint density at radius 1 is 1.19 bits per heavy atom. The van der Waals surface area contributed by atoms with Crippen molar-refractivity contribution in [2.24, 2.45) is 7.05 Å². The third-order valence-corrected chi connectivity index (χ3v) is 3.28. The highest BCUT2D eigenvalue weighted by Crippen LogP contribution is 2.09. The Bertz CT molecular complexity index is 797. The maximum absolute atomic E-state index is 11.6. The van der Waals surface area contributed by atoms with Gasteiger partial charge in [-0.15, -0.1) is 0 Å². The second-order valence-corrected chi connectivity index (χ2v) is 5.25. The molecule has 2 rings (SSSR count). The molecule has 1 heterocycles. The molecule has 1 aromatic carbocycles. The van der Waals surface area contributed by atoms with E-state index >= 15 is 0 Å². The number of aromatic carboxylic acids is 1. The van der Waals surface area contributed by atoms with E-state index in [0.717, 1.165) is 12.6 Å². The largest absolute Gasteiger partial charge is 0.545 e. The average molecular weight is 374 g/mol. The standard InChI is InChI=1S/C13H12O6.C6H11N2/c1-2-11(14)18-7-8-19-13(17)10-6-4-3-5-9(10)12(15)16;1-3-8-5-4-7(2)6-8/h2-6H,1,7-8H2,(H,15,16);4-6H,3H2,1-2H3/q;+1/p-1. The summed E-state index contributed by atoms with van der Waals surface area (Å²) < 4.78 is 13.5. The summed E-state index contributed by atoms with van der Waals surface area (Å²) in [7, 11) is 2.02. The van der Waals surface area contributed by atoms with Crippen molar-refractivity contribution >= 4 is 17.9 Å². The molecule has 0 aliphatic heterocycles. The Morgan fingerprint density at radius 3 is 2.30 bits per heavy atom. The summed E-state index contributed by atoms with van der Waals surface area (Å²) >= 11 is 0. The van der Waals surface area contributed by atoms with Gasteiger partial charge in [0.05, 0.1) is 25.1 Å². The molecule has 0 amide bonds. The van der Waals surface area contributed by atoms with Crippen molar-refractivity contribution in [2.75, 3.05) is 13.2 Å². The maximum atomic E-state index is 11.6. The molecule has 0 unspecified atom stereocenters. The van der Waals surface area contributed by atoms with Crippen LogP contribution in [0.3, 0.4) is 0 Å². The van der Waals surface area contributed by atoms with Gasteiger partial charge in [-0.3, -0.25) is 0 Å². The number of hydrogen-bond donors (Lipinski definition) is 0. The molecule has 8 nitrogen and oxygen atoms in total. The van der Waals surface area contributed by atoms with Crippen molar-refractivity contribution in [2.45, 2.75) is 13.5 Å². The number of rotatable bonds is 7. The average Bonchev–Trinajstić information content (AvgIpc) is 3.10. The number of carbonyl (C=O) groups is 3. The normalized spacial score (nSPS) is 9.56. The lowest BCUT2D eigenvalue weighted by molar-refractivity contribution is -0.671. The number of nitrogens with zero attached hydrogens (tertiary/aromatic N) is 2. The number of carboxylic acids is 1. The van der Waals surface area contributed by atoms with E-state index in [2.05, 4.69) is 35.3 Å². The minimum absolute atomic E-state index is 0.113. The van der Waals surface area contributed by atoms with Gasteiger partial charge in [0, 0.05) is 11.6 Å². The molecule has 0 N–H and O–H groups in total. The number of esters is 2. The molecule has 2 aromatic rings. The van der Waals surface area contributed by atoms with Gasteiger partial charge < -0.3 is 19.4 Å². The zero-order valence-corrected chi connectivity index (χ0v) is 15.3. The van der Waals surface area contributed by atoms with Crippen molar-refractivity contribution in [3.63, 3.8) is 0 Å². The van der Waals surface area contributed by atoms with Crippen molar-refractivity contribution in [1.82, 2.24) is 4.57 Å². The minimum Gasteiger partial charge on any atom is -0.545 e. The van der Waals surface area contributed by atoms with Crippen LogP contribution in [0.2, 0.25) is 0 Å². The number of carbonyl (C=O) groups excluding carboxylic acids is 3. The summed E-state index contributed by atoms with van der Waals surface area (Å²) in [4.78, 5) is 33.1. The lowest BCUT2D eigenvalue weighted by Gasteiger charge is -2.09. The predicted octanol–water partition coefficient (Wildman–Crippen LogP) is 0.269. The molecule has 0 aliphatic carbocycles. The van der Waals surface area contributed by atoms with E-state index in [1.165, 1.54) is 24.3 Å². The molecule has 0 saturated heterocycles. The van der Waals surface area contributed by atoms with E-state index in [1.807, 2.05) is 17.8 Å². The first-order chi connectivity index (χ1) is 12.9. The highest BCUT2D eigenvalue weighted by atomic mass is 16.6. The monoisotopic (exact) mass is 374 g/mol. The summed E-state index contributed by atoms with van der Waals surface area (Å²) in [5.41, 5.74) is -0.367. The van der Waals surface area contributed by atoms with Crippen LogP contribution in [0, 0.1) is 0 Å². The second kappa shape index (κ2) is 11.2. The Balaban J connectivity index is 0.000000377. The summed E-state index contributed by atoms with van der Waals surface area (Å²) in [6.45, 7) is 6.06. The van der Waals surface area contributed by atoms with Gasteiger partial charge >= 0.3 is 11.9 Å². The Hall–Kier alpha value is -3.42. The molecular weight excluding hydrogens is 352 g/mol. The predicted molar refractivity (Wildman–Crippen MR) is 93.5 cm³/mol. The van der Waals surface area contributed by atoms with Crippen LogP contribution in [0.1, 0.15) is 27.6 Å².